The molecule has 5 rings (SSSR count). The summed E-state index contributed by atoms with van der Waals surface area (Å²) in [4.78, 5) is 28.9. The molecule has 2 saturated heterocycles. The van der Waals surface area contributed by atoms with E-state index in [1.54, 1.807) is 12.4 Å². The van der Waals surface area contributed by atoms with E-state index in [9.17, 15) is 4.79 Å². The summed E-state index contributed by atoms with van der Waals surface area (Å²) in [5.74, 6) is 2.34. The maximum atomic E-state index is 13.3. The molecule has 0 atom stereocenters. The number of benzene rings is 2. The molecule has 2 aliphatic heterocycles. The highest BCUT2D eigenvalue weighted by Gasteiger charge is 2.32. The topological polar surface area (TPSA) is 61.8 Å². The van der Waals surface area contributed by atoms with Gasteiger partial charge in [-0.2, -0.15) is 0 Å². The minimum absolute atomic E-state index is 0.0636. The van der Waals surface area contributed by atoms with Gasteiger partial charge in [-0.3, -0.25) is 4.79 Å². The number of hydrogen-bond acceptors (Lipinski definition) is 6. The Bertz CT molecular complexity index is 1150. The summed E-state index contributed by atoms with van der Waals surface area (Å²) in [5.41, 5.74) is 3.94. The van der Waals surface area contributed by atoms with Crippen molar-refractivity contribution in [2.45, 2.75) is 26.7 Å². The van der Waals surface area contributed by atoms with Gasteiger partial charge in [-0.15, -0.1) is 0 Å². The number of ether oxygens (including phenoxy) is 1. The van der Waals surface area contributed by atoms with Crippen LogP contribution in [-0.2, 0) is 4.79 Å². The summed E-state index contributed by atoms with van der Waals surface area (Å²) in [6.07, 6.45) is 4.98. The molecule has 7 nitrogen and oxygen atoms in total. The molecule has 3 heterocycles. The third-order valence-corrected chi connectivity index (χ3v) is 7.26. The average Bonchev–Trinajstić information content (AvgIpc) is 2.91. The van der Waals surface area contributed by atoms with Crippen molar-refractivity contribution in [2.24, 2.45) is 5.92 Å². The lowest BCUT2D eigenvalue weighted by Gasteiger charge is -2.40. The molecule has 0 radical (unpaired) electrons. The number of piperidine rings is 1. The van der Waals surface area contributed by atoms with Crippen LogP contribution in [0.5, 0.6) is 11.6 Å². The summed E-state index contributed by atoms with van der Waals surface area (Å²) in [6, 6.07) is 16.1. The largest absolute Gasteiger partial charge is 0.436 e. The predicted molar refractivity (Wildman–Crippen MR) is 138 cm³/mol. The molecule has 2 aliphatic rings. The van der Waals surface area contributed by atoms with E-state index >= 15 is 0 Å². The summed E-state index contributed by atoms with van der Waals surface area (Å²) in [6.45, 7) is 9.21. The van der Waals surface area contributed by atoms with E-state index in [1.807, 2.05) is 30.3 Å². The maximum Gasteiger partial charge on any atom is 0.263 e. The van der Waals surface area contributed by atoms with Gasteiger partial charge in [0.25, 0.3) is 5.88 Å². The highest BCUT2D eigenvalue weighted by molar-refractivity contribution is 5.79. The van der Waals surface area contributed by atoms with Crippen LogP contribution in [0.15, 0.2) is 60.9 Å². The Morgan fingerprint density at radius 3 is 2.29 bits per heavy atom. The molecule has 1 amide bonds. The standard InChI is InChI=1S/C28H33N5O2/c1-21-7-6-10-25(22(21)2)31-17-19-33(20-18-31)28(34)23-11-15-32(16-12-23)26-27(30-14-13-29-26)35-24-8-4-3-5-9-24/h3-10,13-14,23H,11-12,15-20H2,1-2H3. The Labute approximate surface area is 207 Å². The Morgan fingerprint density at radius 1 is 0.829 bits per heavy atom. The number of carbonyl (C=O) groups is 1. The van der Waals surface area contributed by atoms with E-state index in [-0.39, 0.29) is 5.92 Å². The lowest BCUT2D eigenvalue weighted by molar-refractivity contribution is -0.136. The fourth-order valence-corrected chi connectivity index (χ4v) is 5.05. The van der Waals surface area contributed by atoms with Gasteiger partial charge in [-0.1, -0.05) is 30.3 Å². The van der Waals surface area contributed by atoms with Gasteiger partial charge < -0.3 is 19.4 Å². The number of carbonyl (C=O) groups excluding carboxylic acids is 1. The molecule has 1 aromatic heterocycles. The monoisotopic (exact) mass is 471 g/mol. The van der Waals surface area contributed by atoms with Crippen LogP contribution in [0.2, 0.25) is 0 Å². The summed E-state index contributed by atoms with van der Waals surface area (Å²) < 4.78 is 6.00. The highest BCUT2D eigenvalue weighted by Crippen LogP contribution is 2.32. The first-order chi connectivity index (χ1) is 17.1. The van der Waals surface area contributed by atoms with Crippen LogP contribution in [0.3, 0.4) is 0 Å². The molecule has 35 heavy (non-hydrogen) atoms. The highest BCUT2D eigenvalue weighted by atomic mass is 16.5. The minimum Gasteiger partial charge on any atom is -0.436 e. The van der Waals surface area contributed by atoms with E-state index in [0.717, 1.165) is 63.7 Å². The fraction of sp³-hybridized carbons (Fsp3) is 0.393. The van der Waals surface area contributed by atoms with E-state index in [1.165, 1.54) is 16.8 Å². The first-order valence-electron chi connectivity index (χ1n) is 12.5. The van der Waals surface area contributed by atoms with Gasteiger partial charge >= 0.3 is 0 Å². The second-order valence-corrected chi connectivity index (χ2v) is 9.39. The quantitative estimate of drug-likeness (QED) is 0.548. The minimum atomic E-state index is 0.0636. The first-order valence-corrected chi connectivity index (χ1v) is 12.5. The van der Waals surface area contributed by atoms with Gasteiger partial charge in [0.1, 0.15) is 5.75 Å². The molecular weight excluding hydrogens is 438 g/mol. The number of aryl methyl sites for hydroxylation is 1. The Morgan fingerprint density at radius 2 is 1.54 bits per heavy atom. The van der Waals surface area contributed by atoms with Crippen molar-refractivity contribution in [2.75, 3.05) is 49.1 Å². The number of aromatic nitrogens is 2. The zero-order valence-corrected chi connectivity index (χ0v) is 20.6. The van der Waals surface area contributed by atoms with Crippen LogP contribution >= 0.6 is 0 Å². The molecule has 7 heteroatoms. The summed E-state index contributed by atoms with van der Waals surface area (Å²) in [5, 5.41) is 0. The fourth-order valence-electron chi connectivity index (χ4n) is 5.05. The normalized spacial score (nSPS) is 16.9. The lowest BCUT2D eigenvalue weighted by atomic mass is 9.95. The van der Waals surface area contributed by atoms with Crippen molar-refractivity contribution in [3.8, 4) is 11.6 Å². The van der Waals surface area contributed by atoms with Gasteiger partial charge in [0, 0.05) is 63.3 Å². The molecule has 2 aromatic carbocycles. The number of anilines is 2. The Hall–Kier alpha value is -3.61. The number of amides is 1. The molecule has 2 fully saturated rings. The van der Waals surface area contributed by atoms with Gasteiger partial charge in [0.15, 0.2) is 5.82 Å². The van der Waals surface area contributed by atoms with Crippen molar-refractivity contribution in [1.82, 2.24) is 14.9 Å². The Balaban J connectivity index is 1.16. The summed E-state index contributed by atoms with van der Waals surface area (Å²) in [7, 11) is 0. The number of hydrogen-bond donors (Lipinski definition) is 0. The second kappa shape index (κ2) is 10.3. The van der Waals surface area contributed by atoms with E-state index in [2.05, 4.69) is 56.7 Å². The maximum absolute atomic E-state index is 13.3. The molecule has 0 aliphatic carbocycles. The van der Waals surface area contributed by atoms with Crippen LogP contribution in [0, 0.1) is 19.8 Å². The summed E-state index contributed by atoms with van der Waals surface area (Å²) >= 11 is 0. The van der Waals surface area contributed by atoms with Crippen LogP contribution in [0.25, 0.3) is 0 Å². The van der Waals surface area contributed by atoms with E-state index < -0.39 is 0 Å². The zero-order chi connectivity index (χ0) is 24.2. The van der Waals surface area contributed by atoms with Crippen LogP contribution < -0.4 is 14.5 Å². The van der Waals surface area contributed by atoms with Gasteiger partial charge in [0.05, 0.1) is 0 Å². The predicted octanol–water partition coefficient (Wildman–Crippen LogP) is 4.45. The van der Waals surface area contributed by atoms with Crippen molar-refractivity contribution in [3.05, 3.63) is 72.1 Å². The van der Waals surface area contributed by atoms with Crippen molar-refractivity contribution < 1.29 is 9.53 Å². The molecule has 0 spiro atoms. The molecular formula is C28H33N5O2. The number of para-hydroxylation sites is 1. The molecule has 0 unspecified atom stereocenters. The Kier molecular flexibility index (Phi) is 6.84. The first kappa shape index (κ1) is 23.1. The van der Waals surface area contributed by atoms with E-state index in [0.29, 0.717) is 11.8 Å². The molecule has 182 valence electrons. The zero-order valence-electron chi connectivity index (χ0n) is 20.6. The van der Waals surface area contributed by atoms with Crippen LogP contribution in [-0.4, -0.2) is 60.0 Å². The van der Waals surface area contributed by atoms with Gasteiger partial charge in [-0.05, 0) is 56.0 Å². The lowest BCUT2D eigenvalue weighted by Crippen LogP contribution is -2.52. The molecule has 0 saturated carbocycles. The van der Waals surface area contributed by atoms with Crippen LogP contribution in [0.1, 0.15) is 24.0 Å². The van der Waals surface area contributed by atoms with Gasteiger partial charge in [-0.25, -0.2) is 9.97 Å². The molecule has 3 aromatic rings. The average molecular weight is 472 g/mol. The van der Waals surface area contributed by atoms with Crippen molar-refractivity contribution in [1.29, 1.82) is 0 Å². The molecule has 0 N–H and O–H groups in total. The third kappa shape index (κ3) is 5.09. The third-order valence-electron chi connectivity index (χ3n) is 7.26. The second-order valence-electron chi connectivity index (χ2n) is 9.39. The van der Waals surface area contributed by atoms with Gasteiger partial charge in [0.2, 0.25) is 5.91 Å². The van der Waals surface area contributed by atoms with E-state index in [4.69, 9.17) is 4.74 Å². The van der Waals surface area contributed by atoms with Crippen molar-refractivity contribution in [3.63, 3.8) is 0 Å². The number of piperazine rings is 1. The number of rotatable bonds is 5. The van der Waals surface area contributed by atoms with Crippen LogP contribution in [0.4, 0.5) is 11.5 Å². The number of nitrogens with zero attached hydrogens (tertiary/aromatic N) is 5. The molecule has 0 bridgehead atoms. The SMILES string of the molecule is Cc1cccc(N2CCN(C(=O)C3CCN(c4nccnc4Oc4ccccc4)CC3)CC2)c1C. The van der Waals surface area contributed by atoms with Crippen molar-refractivity contribution >= 4 is 17.4 Å². The smallest absolute Gasteiger partial charge is 0.263 e.